The van der Waals surface area contributed by atoms with E-state index in [1.165, 1.54) is 0 Å². The molecule has 0 atom stereocenters. The second kappa shape index (κ2) is 6.68. The molecule has 0 saturated heterocycles. The zero-order valence-electron chi connectivity index (χ0n) is 7.07. The van der Waals surface area contributed by atoms with Gasteiger partial charge in [-0.1, -0.05) is 0 Å². The van der Waals surface area contributed by atoms with Gasteiger partial charge < -0.3 is 24.7 Å². The Hall–Kier alpha value is 0.260. The van der Waals surface area contributed by atoms with Crippen LogP contribution in [0.5, 0.6) is 0 Å². The standard InChI is InChI=1S/C2H8O6P2.C2H6O/c3-9(4,5)1-2-10(6,7)8;1-2-3/h1-2H2,(H2,3,4,5)(H2,6,7,8);3H,2H2,1H3. The fraction of sp³-hybridized carbons (Fsp3) is 1.00. The van der Waals surface area contributed by atoms with Gasteiger partial charge in [0.15, 0.2) is 0 Å². The van der Waals surface area contributed by atoms with Crippen LogP contribution in [-0.4, -0.2) is 43.6 Å². The molecule has 13 heavy (non-hydrogen) atoms. The molecule has 0 heterocycles. The third-order valence-electron chi connectivity index (χ3n) is 0.683. The van der Waals surface area contributed by atoms with Gasteiger partial charge in [-0.25, -0.2) is 0 Å². The maximum atomic E-state index is 10.0. The Morgan fingerprint density at radius 2 is 1.08 bits per heavy atom. The van der Waals surface area contributed by atoms with Crippen LogP contribution < -0.4 is 0 Å². The number of hydrogen-bond acceptors (Lipinski definition) is 3. The van der Waals surface area contributed by atoms with Crippen molar-refractivity contribution in [1.29, 1.82) is 0 Å². The van der Waals surface area contributed by atoms with Crippen molar-refractivity contribution in [2.45, 2.75) is 6.92 Å². The Morgan fingerprint density at radius 3 is 1.15 bits per heavy atom. The van der Waals surface area contributed by atoms with E-state index in [2.05, 4.69) is 0 Å². The van der Waals surface area contributed by atoms with Gasteiger partial charge in [0.25, 0.3) is 0 Å². The lowest BCUT2D eigenvalue weighted by atomic mass is 10.9. The molecule has 0 aliphatic rings. The normalized spacial score (nSPS) is 11.8. The van der Waals surface area contributed by atoms with E-state index >= 15 is 0 Å². The Morgan fingerprint density at radius 1 is 0.923 bits per heavy atom. The minimum absolute atomic E-state index is 0.250. The van der Waals surface area contributed by atoms with Gasteiger partial charge in [-0.05, 0) is 6.92 Å². The summed E-state index contributed by atoms with van der Waals surface area (Å²) < 4.78 is 20.1. The summed E-state index contributed by atoms with van der Waals surface area (Å²) in [6.45, 7) is 1.93. The summed E-state index contributed by atoms with van der Waals surface area (Å²) in [6, 6.07) is 0. The molecule has 0 spiro atoms. The first-order valence-electron chi connectivity index (χ1n) is 3.32. The van der Waals surface area contributed by atoms with Gasteiger partial charge in [0.2, 0.25) is 0 Å². The maximum Gasteiger partial charge on any atom is 0.326 e. The molecular weight excluding hydrogens is 222 g/mol. The first-order chi connectivity index (χ1) is 5.62. The zero-order valence-corrected chi connectivity index (χ0v) is 8.86. The summed E-state index contributed by atoms with van der Waals surface area (Å²) in [5.74, 6) is 0. The highest BCUT2D eigenvalue weighted by atomic mass is 31.2. The van der Waals surface area contributed by atoms with E-state index in [1.54, 1.807) is 6.92 Å². The fourth-order valence-corrected chi connectivity index (χ4v) is 2.34. The molecule has 5 N–H and O–H groups in total. The zero-order chi connectivity index (χ0) is 11.1. The van der Waals surface area contributed by atoms with Crippen LogP contribution in [0.3, 0.4) is 0 Å². The van der Waals surface area contributed by atoms with Crippen molar-refractivity contribution in [3.05, 3.63) is 0 Å². The first kappa shape index (κ1) is 15.7. The van der Waals surface area contributed by atoms with Crippen LogP contribution >= 0.6 is 15.2 Å². The van der Waals surface area contributed by atoms with Crippen LogP contribution in [0.2, 0.25) is 0 Å². The molecule has 0 fully saturated rings. The Labute approximate surface area is 75.7 Å². The van der Waals surface area contributed by atoms with Crippen molar-refractivity contribution in [1.82, 2.24) is 0 Å². The Kier molecular flexibility index (Phi) is 8.07. The molecule has 0 rings (SSSR count). The Balaban J connectivity index is 0. The highest BCUT2D eigenvalue weighted by Crippen LogP contribution is 2.42. The van der Waals surface area contributed by atoms with Crippen LogP contribution in [-0.2, 0) is 9.13 Å². The lowest BCUT2D eigenvalue weighted by Crippen LogP contribution is -1.95. The average molecular weight is 236 g/mol. The third kappa shape index (κ3) is 24.5. The van der Waals surface area contributed by atoms with Crippen molar-refractivity contribution >= 4 is 15.2 Å². The number of aliphatic hydroxyl groups excluding tert-OH is 1. The van der Waals surface area contributed by atoms with E-state index < -0.39 is 27.5 Å². The molecule has 9 heteroatoms. The van der Waals surface area contributed by atoms with Crippen LogP contribution in [0.1, 0.15) is 6.92 Å². The predicted octanol–water partition coefficient (Wildman–Crippen LogP) is -0.660. The molecule has 0 aliphatic carbocycles. The molecule has 7 nitrogen and oxygen atoms in total. The molecule has 0 aliphatic heterocycles. The summed E-state index contributed by atoms with van der Waals surface area (Å²) in [4.78, 5) is 32.6. The Bertz CT molecular complexity index is 181. The van der Waals surface area contributed by atoms with E-state index in [0.717, 1.165) is 0 Å². The largest absolute Gasteiger partial charge is 0.397 e. The molecule has 0 aromatic heterocycles. The highest BCUT2D eigenvalue weighted by molar-refractivity contribution is 7.56. The van der Waals surface area contributed by atoms with Crippen LogP contribution in [0.25, 0.3) is 0 Å². The monoisotopic (exact) mass is 236 g/mol. The quantitative estimate of drug-likeness (QED) is 0.410. The summed E-state index contributed by atoms with van der Waals surface area (Å²) >= 11 is 0. The molecule has 0 saturated carbocycles. The van der Waals surface area contributed by atoms with E-state index in [-0.39, 0.29) is 6.61 Å². The van der Waals surface area contributed by atoms with E-state index in [1.807, 2.05) is 0 Å². The smallest absolute Gasteiger partial charge is 0.326 e. The van der Waals surface area contributed by atoms with Gasteiger partial charge in [0, 0.05) is 6.61 Å². The van der Waals surface area contributed by atoms with Crippen molar-refractivity contribution < 1.29 is 33.8 Å². The average Bonchev–Trinajstić information content (AvgIpc) is 1.82. The molecule has 82 valence electrons. The van der Waals surface area contributed by atoms with Crippen LogP contribution in [0.4, 0.5) is 0 Å². The predicted molar refractivity (Wildman–Crippen MR) is 46.6 cm³/mol. The lowest BCUT2D eigenvalue weighted by molar-refractivity contribution is 0.318. The topological polar surface area (TPSA) is 135 Å². The maximum absolute atomic E-state index is 10.0. The SMILES string of the molecule is CCO.O=P(O)(O)CCP(=O)(O)O. The van der Waals surface area contributed by atoms with Gasteiger partial charge >= 0.3 is 15.2 Å². The summed E-state index contributed by atoms with van der Waals surface area (Å²) in [7, 11) is -8.51. The second-order valence-corrected chi connectivity index (χ2v) is 5.65. The molecule has 0 aromatic rings. The van der Waals surface area contributed by atoms with Crippen molar-refractivity contribution in [3.8, 4) is 0 Å². The molecule has 0 amide bonds. The van der Waals surface area contributed by atoms with Gasteiger partial charge in [-0.3, -0.25) is 9.13 Å². The van der Waals surface area contributed by atoms with Gasteiger partial charge in [0.1, 0.15) is 0 Å². The summed E-state index contributed by atoms with van der Waals surface area (Å²) in [6.07, 6.45) is -1.53. The summed E-state index contributed by atoms with van der Waals surface area (Å²) in [5.41, 5.74) is 0. The van der Waals surface area contributed by atoms with Gasteiger partial charge in [0.05, 0.1) is 12.3 Å². The van der Waals surface area contributed by atoms with Crippen molar-refractivity contribution in [2.24, 2.45) is 0 Å². The van der Waals surface area contributed by atoms with Gasteiger partial charge in [-0.2, -0.15) is 0 Å². The van der Waals surface area contributed by atoms with Crippen molar-refractivity contribution in [3.63, 3.8) is 0 Å². The molecule has 0 radical (unpaired) electrons. The molecule has 0 bridgehead atoms. The second-order valence-electron chi connectivity index (χ2n) is 2.09. The third-order valence-corrected chi connectivity index (χ3v) is 2.65. The minimum Gasteiger partial charge on any atom is -0.397 e. The van der Waals surface area contributed by atoms with E-state index in [9.17, 15) is 9.13 Å². The molecule has 0 aromatic carbocycles. The van der Waals surface area contributed by atoms with E-state index in [4.69, 9.17) is 24.7 Å². The number of hydrogen-bond donors (Lipinski definition) is 5. The summed E-state index contributed by atoms with van der Waals surface area (Å²) in [5, 5.41) is 7.57. The molecule has 0 unspecified atom stereocenters. The van der Waals surface area contributed by atoms with E-state index in [0.29, 0.717) is 0 Å². The fourth-order valence-electron chi connectivity index (χ4n) is 0.261. The minimum atomic E-state index is -4.25. The lowest BCUT2D eigenvalue weighted by Gasteiger charge is -2.03. The number of rotatable bonds is 3. The highest BCUT2D eigenvalue weighted by Gasteiger charge is 2.20. The first-order valence-corrected chi connectivity index (χ1v) is 6.92. The molecular formula is C4H14O7P2. The van der Waals surface area contributed by atoms with Gasteiger partial charge in [-0.15, -0.1) is 0 Å². The van der Waals surface area contributed by atoms with Crippen LogP contribution in [0.15, 0.2) is 0 Å². The van der Waals surface area contributed by atoms with Crippen molar-refractivity contribution in [2.75, 3.05) is 18.9 Å². The number of aliphatic hydroxyl groups is 1. The van der Waals surface area contributed by atoms with Crippen LogP contribution in [0, 0.1) is 0 Å².